The van der Waals surface area contributed by atoms with Crippen molar-refractivity contribution in [2.24, 2.45) is 0 Å². The van der Waals surface area contributed by atoms with Crippen LogP contribution >= 0.6 is 11.3 Å². The summed E-state index contributed by atoms with van der Waals surface area (Å²) < 4.78 is 31.0. The molecule has 36 heavy (non-hydrogen) atoms. The van der Waals surface area contributed by atoms with Gasteiger partial charge in [-0.1, -0.05) is 18.2 Å². The van der Waals surface area contributed by atoms with Crippen molar-refractivity contribution in [3.8, 4) is 17.2 Å². The van der Waals surface area contributed by atoms with Gasteiger partial charge in [-0.15, -0.1) is 11.3 Å². The van der Waals surface area contributed by atoms with Gasteiger partial charge in [-0.25, -0.2) is 9.18 Å². The van der Waals surface area contributed by atoms with Crippen molar-refractivity contribution in [2.45, 2.75) is 6.92 Å². The van der Waals surface area contributed by atoms with Crippen LogP contribution in [0.25, 0.3) is 22.5 Å². The van der Waals surface area contributed by atoms with Gasteiger partial charge in [0.1, 0.15) is 16.5 Å². The average molecular weight is 507 g/mol. The van der Waals surface area contributed by atoms with Gasteiger partial charge in [-0.2, -0.15) is 9.78 Å². The summed E-state index contributed by atoms with van der Waals surface area (Å²) in [4.78, 5) is 38.6. The van der Waals surface area contributed by atoms with Gasteiger partial charge in [0.2, 0.25) is 12.7 Å². The topological polar surface area (TPSA) is 109 Å². The largest absolute Gasteiger partial charge is 0.461 e. The van der Waals surface area contributed by atoms with E-state index in [1.165, 1.54) is 35.7 Å². The molecular weight excluding hydrogens is 489 g/mol. The minimum Gasteiger partial charge on any atom is -0.461 e. The number of halogens is 1. The Hall–Kier alpha value is -4.51. The number of carbonyl (C=O) groups excluding carboxylic acids is 2. The number of hydrogen-bond donors (Lipinski definition) is 1. The van der Waals surface area contributed by atoms with Crippen molar-refractivity contribution >= 4 is 45.1 Å². The Morgan fingerprint density at radius 2 is 2.03 bits per heavy atom. The number of thiophene rings is 1. The molecule has 4 aromatic rings. The first kappa shape index (κ1) is 23.2. The van der Waals surface area contributed by atoms with E-state index in [2.05, 4.69) is 10.4 Å². The van der Waals surface area contributed by atoms with Gasteiger partial charge in [0.15, 0.2) is 17.2 Å². The van der Waals surface area contributed by atoms with Gasteiger partial charge in [0.05, 0.1) is 12.0 Å². The van der Waals surface area contributed by atoms with Crippen LogP contribution in [0.2, 0.25) is 0 Å². The molecule has 1 aliphatic rings. The molecule has 1 aliphatic heterocycles. The second-order valence-electron chi connectivity index (χ2n) is 7.53. The summed E-state index contributed by atoms with van der Waals surface area (Å²) in [7, 11) is 0. The van der Waals surface area contributed by atoms with Crippen LogP contribution in [-0.4, -0.2) is 35.1 Å². The van der Waals surface area contributed by atoms with Crippen LogP contribution in [0.15, 0.2) is 58.7 Å². The molecule has 182 valence electrons. The number of para-hydroxylation sites is 1. The van der Waals surface area contributed by atoms with E-state index >= 15 is 0 Å². The number of ether oxygens (including phenoxy) is 3. The minimum absolute atomic E-state index is 0.0196. The van der Waals surface area contributed by atoms with Gasteiger partial charge in [-0.3, -0.25) is 9.59 Å². The Balaban J connectivity index is 1.53. The summed E-state index contributed by atoms with van der Waals surface area (Å²) in [6.07, 6.45) is 2.88. The molecule has 0 atom stereocenters. The molecule has 0 aliphatic carbocycles. The van der Waals surface area contributed by atoms with E-state index in [0.29, 0.717) is 17.1 Å². The van der Waals surface area contributed by atoms with E-state index in [-0.39, 0.29) is 40.6 Å². The SMILES string of the molecule is CCOC(=O)c1nn(-c2ccccc2F)c(=O)c2c(NC(=O)/C=C/c3ccc4c(c3)OCO4)scc12. The number of benzene rings is 2. The number of hydrogen-bond acceptors (Lipinski definition) is 8. The second kappa shape index (κ2) is 9.62. The van der Waals surface area contributed by atoms with E-state index in [0.717, 1.165) is 16.0 Å². The number of aromatic nitrogens is 2. The Morgan fingerprint density at radius 1 is 1.22 bits per heavy atom. The van der Waals surface area contributed by atoms with Crippen molar-refractivity contribution in [3.05, 3.63) is 81.3 Å². The fourth-order valence-corrected chi connectivity index (χ4v) is 4.56. The third-order valence-corrected chi connectivity index (χ3v) is 6.16. The molecule has 0 spiro atoms. The van der Waals surface area contributed by atoms with Crippen molar-refractivity contribution in [1.29, 1.82) is 0 Å². The van der Waals surface area contributed by atoms with Crippen LogP contribution in [0.3, 0.4) is 0 Å². The molecule has 0 bridgehead atoms. The molecule has 9 nitrogen and oxygen atoms in total. The molecular formula is C25H18FN3O6S. The number of nitrogens with zero attached hydrogens (tertiary/aromatic N) is 2. The first-order chi connectivity index (χ1) is 17.5. The highest BCUT2D eigenvalue weighted by Crippen LogP contribution is 2.33. The number of carbonyl (C=O) groups is 2. The van der Waals surface area contributed by atoms with Crippen LogP contribution in [0.1, 0.15) is 23.0 Å². The van der Waals surface area contributed by atoms with Crippen LogP contribution in [-0.2, 0) is 9.53 Å². The van der Waals surface area contributed by atoms with Crippen molar-refractivity contribution in [3.63, 3.8) is 0 Å². The van der Waals surface area contributed by atoms with Gasteiger partial charge < -0.3 is 19.5 Å². The monoisotopic (exact) mass is 507 g/mol. The average Bonchev–Trinajstić information content (AvgIpc) is 3.51. The molecule has 2 aromatic heterocycles. The number of amides is 1. The van der Waals surface area contributed by atoms with Gasteiger partial charge >= 0.3 is 5.97 Å². The molecule has 3 heterocycles. The smallest absolute Gasteiger partial charge is 0.359 e. The zero-order chi connectivity index (χ0) is 25.2. The zero-order valence-corrected chi connectivity index (χ0v) is 19.6. The summed E-state index contributed by atoms with van der Waals surface area (Å²) >= 11 is 1.04. The lowest BCUT2D eigenvalue weighted by Crippen LogP contribution is -2.26. The van der Waals surface area contributed by atoms with Crippen molar-refractivity contribution in [2.75, 3.05) is 18.7 Å². The maximum Gasteiger partial charge on any atom is 0.359 e. The first-order valence-corrected chi connectivity index (χ1v) is 11.7. The summed E-state index contributed by atoms with van der Waals surface area (Å²) in [5.41, 5.74) is -0.288. The van der Waals surface area contributed by atoms with Crippen molar-refractivity contribution < 1.29 is 28.2 Å². The van der Waals surface area contributed by atoms with E-state index in [9.17, 15) is 18.8 Å². The summed E-state index contributed by atoms with van der Waals surface area (Å²) in [5.74, 6) is -0.782. The Labute approximate surface area is 207 Å². The van der Waals surface area contributed by atoms with Crippen LogP contribution in [0.5, 0.6) is 11.5 Å². The highest BCUT2D eigenvalue weighted by Gasteiger charge is 2.23. The number of esters is 1. The predicted octanol–water partition coefficient (Wildman–Crippen LogP) is 4.14. The van der Waals surface area contributed by atoms with Crippen LogP contribution < -0.4 is 20.3 Å². The van der Waals surface area contributed by atoms with Gasteiger partial charge in [0.25, 0.3) is 5.56 Å². The lowest BCUT2D eigenvalue weighted by atomic mass is 10.2. The molecule has 0 fully saturated rings. The van der Waals surface area contributed by atoms with E-state index < -0.39 is 23.3 Å². The number of fused-ring (bicyclic) bond motifs is 2. The van der Waals surface area contributed by atoms with Gasteiger partial charge in [-0.05, 0) is 42.8 Å². The number of rotatable bonds is 6. The molecule has 5 rings (SSSR count). The maximum absolute atomic E-state index is 14.5. The molecule has 0 radical (unpaired) electrons. The van der Waals surface area contributed by atoms with Crippen LogP contribution in [0.4, 0.5) is 9.39 Å². The zero-order valence-electron chi connectivity index (χ0n) is 18.8. The summed E-state index contributed by atoms with van der Waals surface area (Å²) in [6.45, 7) is 1.86. The Kier molecular flexibility index (Phi) is 6.21. The molecule has 0 saturated heterocycles. The van der Waals surface area contributed by atoms with E-state index in [1.807, 2.05) is 0 Å². The third kappa shape index (κ3) is 4.31. The summed E-state index contributed by atoms with van der Waals surface area (Å²) in [5, 5.41) is 8.70. The number of anilines is 1. The fraction of sp³-hybridized carbons (Fsp3) is 0.120. The molecule has 0 unspecified atom stereocenters. The number of nitrogens with one attached hydrogen (secondary N) is 1. The predicted molar refractivity (Wildman–Crippen MR) is 131 cm³/mol. The Morgan fingerprint density at radius 3 is 2.83 bits per heavy atom. The van der Waals surface area contributed by atoms with Crippen LogP contribution in [0, 0.1) is 5.82 Å². The van der Waals surface area contributed by atoms with Crippen molar-refractivity contribution in [1.82, 2.24) is 9.78 Å². The Bertz CT molecular complexity index is 1590. The lowest BCUT2D eigenvalue weighted by molar-refractivity contribution is -0.111. The second-order valence-corrected chi connectivity index (χ2v) is 8.41. The first-order valence-electron chi connectivity index (χ1n) is 10.8. The molecule has 2 aromatic carbocycles. The molecule has 11 heteroatoms. The fourth-order valence-electron chi connectivity index (χ4n) is 3.62. The quantitative estimate of drug-likeness (QED) is 0.309. The lowest BCUT2D eigenvalue weighted by Gasteiger charge is -2.10. The standard InChI is InChI=1S/C25H18FN3O6S/c1-2-33-25(32)22-15-12-36-23(21(15)24(31)29(28-22)17-6-4-3-5-16(17)26)27-20(30)10-8-14-7-9-18-19(11-14)35-13-34-18/h3-12H,2,13H2,1H3,(H,27,30)/b10-8+. The van der Waals surface area contributed by atoms with E-state index in [1.54, 1.807) is 31.2 Å². The van der Waals surface area contributed by atoms with E-state index in [4.69, 9.17) is 14.2 Å². The normalized spacial score (nSPS) is 12.3. The highest BCUT2D eigenvalue weighted by atomic mass is 32.1. The molecule has 0 saturated carbocycles. The molecule has 1 amide bonds. The molecule has 1 N–H and O–H groups in total. The maximum atomic E-state index is 14.5. The minimum atomic E-state index is -0.772. The van der Waals surface area contributed by atoms with Gasteiger partial charge in [0, 0.05) is 16.8 Å². The summed E-state index contributed by atoms with van der Waals surface area (Å²) in [6, 6.07) is 10.8. The highest BCUT2D eigenvalue weighted by molar-refractivity contribution is 7.16. The third-order valence-electron chi connectivity index (χ3n) is 5.26.